The van der Waals surface area contributed by atoms with Gasteiger partial charge in [0.1, 0.15) is 5.76 Å². The summed E-state index contributed by atoms with van der Waals surface area (Å²) in [5, 5.41) is 7.89. The number of hydrogen-bond acceptors (Lipinski definition) is 3. The number of hydrogen-bond donors (Lipinski definition) is 1. The maximum Gasteiger partial charge on any atom is 0.108 e. The van der Waals surface area contributed by atoms with E-state index >= 15 is 0 Å². The summed E-state index contributed by atoms with van der Waals surface area (Å²) in [5.41, 5.74) is 2.70. The van der Waals surface area contributed by atoms with E-state index in [2.05, 4.69) is 42.1 Å². The van der Waals surface area contributed by atoms with Gasteiger partial charge in [-0.1, -0.05) is 13.8 Å². The highest BCUT2D eigenvalue weighted by atomic mass is 32.1. The van der Waals surface area contributed by atoms with E-state index in [0.29, 0.717) is 6.04 Å². The Labute approximate surface area is 107 Å². The van der Waals surface area contributed by atoms with Crippen molar-refractivity contribution in [1.82, 2.24) is 5.32 Å². The minimum Gasteiger partial charge on any atom is -0.469 e. The third kappa shape index (κ3) is 2.99. The molecule has 2 aromatic rings. The molecular formula is C14H19NOS. The van der Waals surface area contributed by atoms with Gasteiger partial charge in [0.15, 0.2) is 0 Å². The Hall–Kier alpha value is -1.06. The Morgan fingerprint density at radius 1 is 1.35 bits per heavy atom. The normalized spacial score (nSPS) is 12.8. The highest BCUT2D eigenvalue weighted by Crippen LogP contribution is 2.24. The number of rotatable bonds is 6. The molecule has 3 heteroatoms. The smallest absolute Gasteiger partial charge is 0.108 e. The van der Waals surface area contributed by atoms with Gasteiger partial charge < -0.3 is 9.73 Å². The summed E-state index contributed by atoms with van der Waals surface area (Å²) in [6.45, 7) is 5.26. The fraction of sp³-hybridized carbons (Fsp3) is 0.429. The number of nitrogens with one attached hydrogen (secondary N) is 1. The molecule has 2 heterocycles. The van der Waals surface area contributed by atoms with Crippen molar-refractivity contribution >= 4 is 11.3 Å². The molecule has 2 nitrogen and oxygen atoms in total. The third-order valence-electron chi connectivity index (χ3n) is 2.95. The van der Waals surface area contributed by atoms with Crippen molar-refractivity contribution in [1.29, 1.82) is 0 Å². The van der Waals surface area contributed by atoms with Crippen LogP contribution in [0.1, 0.15) is 36.8 Å². The first-order valence-corrected chi connectivity index (χ1v) is 7.10. The summed E-state index contributed by atoms with van der Waals surface area (Å²) < 4.78 is 5.52. The second-order valence-electron chi connectivity index (χ2n) is 4.10. The van der Waals surface area contributed by atoms with E-state index in [4.69, 9.17) is 4.42 Å². The van der Waals surface area contributed by atoms with Crippen molar-refractivity contribution in [2.75, 3.05) is 6.54 Å². The molecular weight excluding hydrogens is 230 g/mol. The van der Waals surface area contributed by atoms with E-state index in [1.54, 1.807) is 17.6 Å². The van der Waals surface area contributed by atoms with E-state index in [0.717, 1.165) is 25.1 Å². The van der Waals surface area contributed by atoms with E-state index in [-0.39, 0.29) is 0 Å². The predicted molar refractivity (Wildman–Crippen MR) is 72.5 cm³/mol. The molecule has 0 saturated heterocycles. The Morgan fingerprint density at radius 2 is 2.24 bits per heavy atom. The lowest BCUT2D eigenvalue weighted by molar-refractivity contribution is 0.487. The highest BCUT2D eigenvalue weighted by Gasteiger charge is 2.16. The van der Waals surface area contributed by atoms with Crippen LogP contribution in [0.15, 0.2) is 33.6 Å². The first-order chi connectivity index (χ1) is 8.35. The van der Waals surface area contributed by atoms with Crippen molar-refractivity contribution in [3.8, 4) is 0 Å². The largest absolute Gasteiger partial charge is 0.469 e. The molecule has 0 aliphatic carbocycles. The van der Waals surface area contributed by atoms with Crippen LogP contribution in [0.4, 0.5) is 0 Å². The van der Waals surface area contributed by atoms with Gasteiger partial charge in [0.05, 0.1) is 6.26 Å². The van der Waals surface area contributed by atoms with Gasteiger partial charge in [0.2, 0.25) is 0 Å². The summed E-state index contributed by atoms with van der Waals surface area (Å²) in [6, 6.07) is 4.66. The number of aryl methyl sites for hydroxylation is 1. The summed E-state index contributed by atoms with van der Waals surface area (Å²) in [7, 11) is 0. The fourth-order valence-corrected chi connectivity index (χ4v) is 2.81. The van der Waals surface area contributed by atoms with Crippen LogP contribution in [-0.2, 0) is 12.8 Å². The Morgan fingerprint density at radius 3 is 2.88 bits per heavy atom. The summed E-state index contributed by atoms with van der Waals surface area (Å²) in [4.78, 5) is 0. The van der Waals surface area contributed by atoms with Crippen LogP contribution in [0, 0.1) is 0 Å². The van der Waals surface area contributed by atoms with E-state index in [9.17, 15) is 0 Å². The molecule has 0 fully saturated rings. The zero-order chi connectivity index (χ0) is 12.1. The second-order valence-corrected chi connectivity index (χ2v) is 4.88. The minimum atomic E-state index is 0.364. The van der Waals surface area contributed by atoms with Gasteiger partial charge in [0.25, 0.3) is 0 Å². The Kier molecular flexibility index (Phi) is 4.40. The molecule has 2 aromatic heterocycles. The van der Waals surface area contributed by atoms with Crippen LogP contribution in [0.5, 0.6) is 0 Å². The van der Waals surface area contributed by atoms with Crippen molar-refractivity contribution in [2.24, 2.45) is 0 Å². The zero-order valence-corrected chi connectivity index (χ0v) is 11.2. The first kappa shape index (κ1) is 12.4. The quantitative estimate of drug-likeness (QED) is 0.842. The molecule has 0 radical (unpaired) electrons. The maximum absolute atomic E-state index is 5.52. The molecule has 2 rings (SSSR count). The molecule has 0 saturated carbocycles. The summed E-state index contributed by atoms with van der Waals surface area (Å²) >= 11 is 1.76. The molecule has 17 heavy (non-hydrogen) atoms. The molecule has 92 valence electrons. The molecule has 1 unspecified atom stereocenters. The minimum absolute atomic E-state index is 0.364. The molecule has 0 aliphatic rings. The number of thiophene rings is 1. The standard InChI is InChI=1S/C14H19NOS/c1-3-14-12(5-7-16-14)13(15-4-2)9-11-6-8-17-10-11/h5-8,10,13,15H,3-4,9H2,1-2H3. The van der Waals surface area contributed by atoms with E-state index in [1.807, 2.05) is 0 Å². The summed E-state index contributed by atoms with van der Waals surface area (Å²) in [5.74, 6) is 1.10. The van der Waals surface area contributed by atoms with Crippen LogP contribution < -0.4 is 5.32 Å². The zero-order valence-electron chi connectivity index (χ0n) is 10.4. The van der Waals surface area contributed by atoms with Gasteiger partial charge >= 0.3 is 0 Å². The van der Waals surface area contributed by atoms with E-state index in [1.165, 1.54) is 11.1 Å². The maximum atomic E-state index is 5.52. The molecule has 0 aliphatic heterocycles. The van der Waals surface area contributed by atoms with Gasteiger partial charge in [-0.2, -0.15) is 11.3 Å². The van der Waals surface area contributed by atoms with Crippen molar-refractivity contribution < 1.29 is 4.42 Å². The van der Waals surface area contributed by atoms with Crippen LogP contribution in [-0.4, -0.2) is 6.54 Å². The molecule has 1 atom stereocenters. The second kappa shape index (κ2) is 6.03. The SMILES string of the molecule is CCNC(Cc1ccsc1)c1ccoc1CC. The predicted octanol–water partition coefficient (Wildman–Crippen LogP) is 3.80. The number of likely N-dealkylation sites (N-methyl/N-ethyl adjacent to an activating group) is 1. The first-order valence-electron chi connectivity index (χ1n) is 6.15. The molecule has 1 N–H and O–H groups in total. The lowest BCUT2D eigenvalue weighted by Crippen LogP contribution is -2.23. The summed E-state index contributed by atoms with van der Waals surface area (Å²) in [6.07, 6.45) is 3.78. The third-order valence-corrected chi connectivity index (χ3v) is 3.68. The van der Waals surface area contributed by atoms with Gasteiger partial charge in [-0.05, 0) is 41.4 Å². The topological polar surface area (TPSA) is 25.2 Å². The lowest BCUT2D eigenvalue weighted by atomic mass is 10.00. The Balaban J connectivity index is 2.16. The molecule has 0 bridgehead atoms. The average molecular weight is 249 g/mol. The van der Waals surface area contributed by atoms with Gasteiger partial charge in [0, 0.05) is 18.0 Å². The molecule has 0 amide bonds. The highest BCUT2D eigenvalue weighted by molar-refractivity contribution is 7.07. The van der Waals surface area contributed by atoms with Gasteiger partial charge in [-0.15, -0.1) is 0 Å². The van der Waals surface area contributed by atoms with Gasteiger partial charge in [-0.3, -0.25) is 0 Å². The van der Waals surface area contributed by atoms with Crippen LogP contribution >= 0.6 is 11.3 Å². The van der Waals surface area contributed by atoms with Crippen LogP contribution in [0.25, 0.3) is 0 Å². The van der Waals surface area contributed by atoms with Crippen molar-refractivity contribution in [3.05, 3.63) is 46.0 Å². The molecule has 0 aromatic carbocycles. The Bertz CT molecular complexity index is 433. The average Bonchev–Trinajstić information content (AvgIpc) is 2.98. The fourth-order valence-electron chi connectivity index (χ4n) is 2.13. The van der Waals surface area contributed by atoms with Crippen LogP contribution in [0.2, 0.25) is 0 Å². The van der Waals surface area contributed by atoms with Crippen LogP contribution in [0.3, 0.4) is 0 Å². The lowest BCUT2D eigenvalue weighted by Gasteiger charge is -2.17. The van der Waals surface area contributed by atoms with Crippen molar-refractivity contribution in [2.45, 2.75) is 32.7 Å². The number of furan rings is 1. The molecule has 0 spiro atoms. The van der Waals surface area contributed by atoms with E-state index < -0.39 is 0 Å². The monoisotopic (exact) mass is 249 g/mol. The van der Waals surface area contributed by atoms with Crippen molar-refractivity contribution in [3.63, 3.8) is 0 Å². The van der Waals surface area contributed by atoms with Gasteiger partial charge in [-0.25, -0.2) is 0 Å².